The monoisotopic (exact) mass is 142 g/mol. The van der Waals surface area contributed by atoms with E-state index < -0.39 is 0 Å². The summed E-state index contributed by atoms with van der Waals surface area (Å²) >= 11 is 0. The van der Waals surface area contributed by atoms with E-state index in [-0.39, 0.29) is 6.10 Å². The minimum atomic E-state index is -0.229. The third-order valence-electron chi connectivity index (χ3n) is 1.57. The molecule has 2 nitrogen and oxygen atoms in total. The van der Waals surface area contributed by atoms with Gasteiger partial charge in [0.25, 0.3) is 0 Å². The molecule has 0 aromatic heterocycles. The summed E-state index contributed by atoms with van der Waals surface area (Å²) in [5.41, 5.74) is 1.24. The molecule has 0 aromatic rings. The smallest absolute Gasteiger partial charge is 0.0876 e. The highest BCUT2D eigenvalue weighted by molar-refractivity contribution is 5.01. The van der Waals surface area contributed by atoms with Crippen molar-refractivity contribution in [3.63, 3.8) is 0 Å². The van der Waals surface area contributed by atoms with Crippen LogP contribution in [0.3, 0.4) is 0 Å². The van der Waals surface area contributed by atoms with Crippen LogP contribution in [-0.4, -0.2) is 17.8 Å². The van der Waals surface area contributed by atoms with E-state index in [1.807, 2.05) is 0 Å². The third-order valence-corrected chi connectivity index (χ3v) is 1.57. The maximum Gasteiger partial charge on any atom is 0.0876 e. The molecule has 1 aliphatic heterocycles. The van der Waals surface area contributed by atoms with E-state index in [4.69, 9.17) is 9.84 Å². The molecule has 0 radical (unpaired) electrons. The molecule has 1 aliphatic rings. The summed E-state index contributed by atoms with van der Waals surface area (Å²) in [7, 11) is 0. The van der Waals surface area contributed by atoms with Gasteiger partial charge in [0.1, 0.15) is 0 Å². The average molecular weight is 142 g/mol. The summed E-state index contributed by atoms with van der Waals surface area (Å²) in [6.45, 7) is 2.64. The van der Waals surface area contributed by atoms with Gasteiger partial charge in [-0.1, -0.05) is 0 Å². The molecule has 10 heavy (non-hydrogen) atoms. The zero-order valence-electron chi connectivity index (χ0n) is 6.34. The van der Waals surface area contributed by atoms with Crippen molar-refractivity contribution in [2.24, 2.45) is 0 Å². The van der Waals surface area contributed by atoms with Crippen LogP contribution in [-0.2, 0) is 4.74 Å². The highest BCUT2D eigenvalue weighted by atomic mass is 16.5. The van der Waals surface area contributed by atoms with Gasteiger partial charge in [0.2, 0.25) is 0 Å². The number of rotatable bonds is 2. The van der Waals surface area contributed by atoms with Gasteiger partial charge in [0.05, 0.1) is 19.0 Å². The summed E-state index contributed by atoms with van der Waals surface area (Å²) < 4.78 is 5.11. The first-order valence-corrected chi connectivity index (χ1v) is 3.76. The molecule has 0 amide bonds. The van der Waals surface area contributed by atoms with E-state index in [0.717, 1.165) is 25.9 Å². The van der Waals surface area contributed by atoms with Crippen LogP contribution >= 0.6 is 0 Å². The summed E-state index contributed by atoms with van der Waals surface area (Å²) in [5, 5.41) is 9.01. The minimum Gasteiger partial charge on any atom is -0.501 e. The zero-order valence-corrected chi connectivity index (χ0v) is 6.34. The highest BCUT2D eigenvalue weighted by Gasteiger charge is 2.06. The number of aliphatic hydroxyl groups is 1. The molecule has 1 atom stereocenters. The quantitative estimate of drug-likeness (QED) is 0.632. The molecule has 0 aromatic carbocycles. The van der Waals surface area contributed by atoms with E-state index in [2.05, 4.69) is 0 Å². The van der Waals surface area contributed by atoms with Gasteiger partial charge in [0, 0.05) is 0 Å². The van der Waals surface area contributed by atoms with Crippen molar-refractivity contribution in [3.05, 3.63) is 11.8 Å². The molecule has 0 aliphatic carbocycles. The van der Waals surface area contributed by atoms with E-state index in [0.29, 0.717) is 0 Å². The molecule has 1 N–H and O–H groups in total. The van der Waals surface area contributed by atoms with Gasteiger partial charge in [-0.25, -0.2) is 0 Å². The normalized spacial score (nSPS) is 21.2. The number of hydrogen-bond acceptors (Lipinski definition) is 2. The third kappa shape index (κ3) is 2.40. The Kier molecular flexibility index (Phi) is 2.75. The van der Waals surface area contributed by atoms with Crippen molar-refractivity contribution in [3.8, 4) is 0 Å². The Labute approximate surface area is 61.5 Å². The minimum absolute atomic E-state index is 0.229. The SMILES string of the molecule is C[C@H](O)CC1=COCCC1. The molecule has 0 bridgehead atoms. The fraction of sp³-hybridized carbons (Fsp3) is 0.750. The predicted molar refractivity (Wildman–Crippen MR) is 39.6 cm³/mol. The molecule has 58 valence electrons. The predicted octanol–water partition coefficient (Wildman–Crippen LogP) is 1.45. The summed E-state index contributed by atoms with van der Waals surface area (Å²) in [6.07, 6.45) is 4.51. The van der Waals surface area contributed by atoms with Gasteiger partial charge >= 0.3 is 0 Å². The first-order valence-electron chi connectivity index (χ1n) is 3.76. The molecule has 0 saturated carbocycles. The molecule has 1 heterocycles. The van der Waals surface area contributed by atoms with Crippen LogP contribution in [0.5, 0.6) is 0 Å². The number of hydrogen-bond donors (Lipinski definition) is 1. The molecule has 0 fully saturated rings. The van der Waals surface area contributed by atoms with Gasteiger partial charge in [-0.2, -0.15) is 0 Å². The summed E-state index contributed by atoms with van der Waals surface area (Å²) in [4.78, 5) is 0. The Hall–Kier alpha value is -0.500. The lowest BCUT2D eigenvalue weighted by atomic mass is 10.0. The fourth-order valence-corrected chi connectivity index (χ4v) is 1.15. The molecule has 2 heteroatoms. The summed E-state index contributed by atoms with van der Waals surface area (Å²) in [6, 6.07) is 0. The maximum atomic E-state index is 9.01. The van der Waals surface area contributed by atoms with Crippen LogP contribution in [0.2, 0.25) is 0 Å². The van der Waals surface area contributed by atoms with E-state index in [1.165, 1.54) is 5.57 Å². The van der Waals surface area contributed by atoms with Crippen LogP contribution in [0.25, 0.3) is 0 Å². The van der Waals surface area contributed by atoms with Crippen molar-refractivity contribution >= 4 is 0 Å². The van der Waals surface area contributed by atoms with Crippen LogP contribution in [0.4, 0.5) is 0 Å². The highest BCUT2D eigenvalue weighted by Crippen LogP contribution is 2.16. The van der Waals surface area contributed by atoms with Crippen LogP contribution < -0.4 is 0 Å². The molecule has 1 rings (SSSR count). The number of aliphatic hydroxyl groups excluding tert-OH is 1. The second kappa shape index (κ2) is 3.62. The average Bonchev–Trinajstić information content (AvgIpc) is 1.88. The van der Waals surface area contributed by atoms with Crippen LogP contribution in [0.15, 0.2) is 11.8 Å². The Morgan fingerprint density at radius 1 is 1.80 bits per heavy atom. The molecular weight excluding hydrogens is 128 g/mol. The standard InChI is InChI=1S/C8H14O2/c1-7(9)5-8-3-2-4-10-6-8/h6-7,9H,2-5H2,1H3/t7-/m0/s1. The topological polar surface area (TPSA) is 29.5 Å². The molecule has 0 unspecified atom stereocenters. The van der Waals surface area contributed by atoms with Crippen LogP contribution in [0.1, 0.15) is 26.2 Å². The Morgan fingerprint density at radius 3 is 3.10 bits per heavy atom. The van der Waals surface area contributed by atoms with E-state index in [1.54, 1.807) is 13.2 Å². The maximum absolute atomic E-state index is 9.01. The lowest BCUT2D eigenvalue weighted by Gasteiger charge is -2.14. The van der Waals surface area contributed by atoms with Crippen molar-refractivity contribution in [1.29, 1.82) is 0 Å². The lowest BCUT2D eigenvalue weighted by Crippen LogP contribution is -2.06. The lowest BCUT2D eigenvalue weighted by molar-refractivity contribution is 0.180. The fourth-order valence-electron chi connectivity index (χ4n) is 1.15. The zero-order chi connectivity index (χ0) is 7.40. The van der Waals surface area contributed by atoms with Crippen molar-refractivity contribution in [2.45, 2.75) is 32.3 Å². The van der Waals surface area contributed by atoms with Gasteiger partial charge in [-0.3, -0.25) is 0 Å². The second-order valence-corrected chi connectivity index (χ2v) is 2.80. The van der Waals surface area contributed by atoms with Crippen LogP contribution in [0, 0.1) is 0 Å². The molecular formula is C8H14O2. The van der Waals surface area contributed by atoms with Crippen molar-refractivity contribution < 1.29 is 9.84 Å². The Morgan fingerprint density at radius 2 is 2.60 bits per heavy atom. The van der Waals surface area contributed by atoms with Crippen molar-refractivity contribution in [1.82, 2.24) is 0 Å². The van der Waals surface area contributed by atoms with Gasteiger partial charge in [0.15, 0.2) is 0 Å². The first kappa shape index (κ1) is 7.61. The second-order valence-electron chi connectivity index (χ2n) is 2.80. The van der Waals surface area contributed by atoms with E-state index >= 15 is 0 Å². The van der Waals surface area contributed by atoms with Gasteiger partial charge in [-0.05, 0) is 31.8 Å². The first-order chi connectivity index (χ1) is 4.79. The van der Waals surface area contributed by atoms with Gasteiger partial charge < -0.3 is 9.84 Å². The van der Waals surface area contributed by atoms with E-state index in [9.17, 15) is 0 Å². The summed E-state index contributed by atoms with van der Waals surface area (Å²) in [5.74, 6) is 0. The largest absolute Gasteiger partial charge is 0.501 e. The Bertz CT molecular complexity index is 127. The Balaban J connectivity index is 2.31. The number of ether oxygens (including phenoxy) is 1. The molecule has 0 saturated heterocycles. The molecule has 0 spiro atoms. The van der Waals surface area contributed by atoms with Gasteiger partial charge in [-0.15, -0.1) is 0 Å². The van der Waals surface area contributed by atoms with Crippen molar-refractivity contribution in [2.75, 3.05) is 6.61 Å².